The topological polar surface area (TPSA) is 64.9 Å². The van der Waals surface area contributed by atoms with Crippen LogP contribution >= 0.6 is 0 Å². The van der Waals surface area contributed by atoms with E-state index in [4.69, 9.17) is 5.26 Å². The van der Waals surface area contributed by atoms with E-state index in [0.717, 1.165) is 18.5 Å². The lowest BCUT2D eigenvalue weighted by atomic mass is 10.1. The highest BCUT2D eigenvalue weighted by Gasteiger charge is 2.23. The van der Waals surface area contributed by atoms with Gasteiger partial charge in [0.1, 0.15) is 0 Å². The van der Waals surface area contributed by atoms with Crippen LogP contribution in [0, 0.1) is 17.8 Å². The molecule has 93 valence electrons. The normalized spacial score (nSPS) is 20.1. The number of benzene rings is 1. The molecule has 0 bridgehead atoms. The van der Waals surface area contributed by atoms with Gasteiger partial charge in [-0.05, 0) is 44.0 Å². The van der Waals surface area contributed by atoms with Crippen molar-refractivity contribution in [2.45, 2.75) is 25.4 Å². The number of hydrogen-bond donors (Lipinski definition) is 2. The van der Waals surface area contributed by atoms with E-state index in [0.29, 0.717) is 5.56 Å². The Balaban J connectivity index is 1.96. The fraction of sp³-hybridized carbons (Fsp3) is 0.357. The van der Waals surface area contributed by atoms with Crippen LogP contribution in [0.2, 0.25) is 0 Å². The molecule has 18 heavy (non-hydrogen) atoms. The average Bonchev–Trinajstić information content (AvgIpc) is 2.92. The first-order chi connectivity index (χ1) is 8.70. The molecule has 1 aliphatic rings. The van der Waals surface area contributed by atoms with Crippen LogP contribution in [-0.4, -0.2) is 18.5 Å². The lowest BCUT2D eigenvalue weighted by Crippen LogP contribution is -2.41. The fourth-order valence-electron chi connectivity index (χ4n) is 2.00. The molecule has 0 spiro atoms. The Hall–Kier alpha value is -1.86. The summed E-state index contributed by atoms with van der Waals surface area (Å²) in [5.41, 5.74) is 1.63. The van der Waals surface area contributed by atoms with E-state index in [9.17, 15) is 4.79 Å². The van der Waals surface area contributed by atoms with Gasteiger partial charge in [0.25, 0.3) is 0 Å². The third-order valence-corrected chi connectivity index (χ3v) is 3.13. The Labute approximate surface area is 107 Å². The molecule has 0 unspecified atom stereocenters. The molecule has 1 saturated heterocycles. The molecule has 4 nitrogen and oxygen atoms in total. The molecule has 1 aliphatic heterocycles. The minimum atomic E-state index is -0.106. The number of nitrogens with zero attached hydrogens (tertiary/aromatic N) is 1. The third kappa shape index (κ3) is 2.88. The van der Waals surface area contributed by atoms with Gasteiger partial charge in [-0.25, -0.2) is 0 Å². The monoisotopic (exact) mass is 242 g/mol. The molecular weight excluding hydrogens is 226 g/mol. The first-order valence-corrected chi connectivity index (χ1v) is 6.06. The van der Waals surface area contributed by atoms with Crippen LogP contribution in [0.1, 0.15) is 30.5 Å². The van der Waals surface area contributed by atoms with Gasteiger partial charge in [0, 0.05) is 0 Å². The maximum absolute atomic E-state index is 11.9. The number of hydrogen-bond acceptors (Lipinski definition) is 3. The quantitative estimate of drug-likeness (QED) is 0.839. The number of amides is 1. The zero-order valence-corrected chi connectivity index (χ0v) is 10.3. The summed E-state index contributed by atoms with van der Waals surface area (Å²) in [7, 11) is 0. The summed E-state index contributed by atoms with van der Waals surface area (Å²) in [5.74, 6) is 0.0283. The molecule has 2 atom stereocenters. The molecular formula is C14H16N3O. The van der Waals surface area contributed by atoms with Crippen molar-refractivity contribution in [1.29, 1.82) is 5.26 Å². The summed E-state index contributed by atoms with van der Waals surface area (Å²) >= 11 is 0. The van der Waals surface area contributed by atoms with Crippen LogP contribution in [0.15, 0.2) is 24.3 Å². The lowest BCUT2D eigenvalue weighted by molar-refractivity contribution is -0.123. The zero-order chi connectivity index (χ0) is 13.0. The number of nitriles is 1. The predicted octanol–water partition coefficient (Wildman–Crippen LogP) is 1.30. The highest BCUT2D eigenvalue weighted by Crippen LogP contribution is 2.14. The van der Waals surface area contributed by atoms with Crippen molar-refractivity contribution in [2.24, 2.45) is 0 Å². The highest BCUT2D eigenvalue weighted by atomic mass is 16.2. The molecule has 0 aliphatic carbocycles. The van der Waals surface area contributed by atoms with Gasteiger partial charge in [0.05, 0.1) is 23.7 Å². The molecule has 1 heterocycles. The summed E-state index contributed by atoms with van der Waals surface area (Å²) in [4.78, 5) is 11.9. The number of carbonyl (C=O) groups is 1. The van der Waals surface area contributed by atoms with Crippen molar-refractivity contribution in [3.8, 4) is 6.07 Å². The minimum Gasteiger partial charge on any atom is -0.348 e. The summed E-state index contributed by atoms with van der Waals surface area (Å²) in [6, 6.07) is 9.20. The van der Waals surface area contributed by atoms with E-state index in [1.54, 1.807) is 12.1 Å². The lowest BCUT2D eigenvalue weighted by Gasteiger charge is -2.17. The van der Waals surface area contributed by atoms with E-state index >= 15 is 0 Å². The predicted molar refractivity (Wildman–Crippen MR) is 68.4 cm³/mol. The van der Waals surface area contributed by atoms with Crippen molar-refractivity contribution in [1.82, 2.24) is 10.6 Å². The number of rotatable bonds is 3. The van der Waals surface area contributed by atoms with E-state index < -0.39 is 0 Å². The van der Waals surface area contributed by atoms with Gasteiger partial charge in [-0.15, -0.1) is 0 Å². The van der Waals surface area contributed by atoms with Gasteiger partial charge < -0.3 is 10.6 Å². The number of nitrogens with one attached hydrogen (secondary N) is 2. The van der Waals surface area contributed by atoms with Crippen molar-refractivity contribution in [2.75, 3.05) is 6.54 Å². The smallest absolute Gasteiger partial charge is 0.237 e. The molecule has 1 aromatic carbocycles. The van der Waals surface area contributed by atoms with Crippen molar-refractivity contribution in [3.05, 3.63) is 41.8 Å². The standard InChI is InChI=1S/C14H16N3O/c1-10(12-6-4-11(9-15)5-7-12)17-14(18)13-3-2-8-16-13/h2,4-7,10,13,16H,3,8H2,1H3,(H,17,18)/t10-,13-/m0/s1. The van der Waals surface area contributed by atoms with E-state index in [2.05, 4.69) is 23.1 Å². The van der Waals surface area contributed by atoms with Crippen LogP contribution in [0.5, 0.6) is 0 Å². The fourth-order valence-corrected chi connectivity index (χ4v) is 2.00. The minimum absolute atomic E-state index is 0.0283. The van der Waals surface area contributed by atoms with Gasteiger partial charge in [-0.1, -0.05) is 12.1 Å². The molecule has 1 amide bonds. The second-order valence-electron chi connectivity index (χ2n) is 4.45. The van der Waals surface area contributed by atoms with Crippen molar-refractivity contribution < 1.29 is 4.79 Å². The molecule has 4 heteroatoms. The first-order valence-electron chi connectivity index (χ1n) is 6.06. The Morgan fingerprint density at radius 2 is 2.22 bits per heavy atom. The van der Waals surface area contributed by atoms with Crippen LogP contribution in [0.25, 0.3) is 0 Å². The van der Waals surface area contributed by atoms with Crippen molar-refractivity contribution >= 4 is 5.91 Å². The van der Waals surface area contributed by atoms with Gasteiger partial charge in [0.15, 0.2) is 0 Å². The van der Waals surface area contributed by atoms with E-state index in [1.165, 1.54) is 0 Å². The third-order valence-electron chi connectivity index (χ3n) is 3.13. The summed E-state index contributed by atoms with van der Waals surface area (Å²) < 4.78 is 0. The van der Waals surface area contributed by atoms with Gasteiger partial charge in [-0.2, -0.15) is 5.26 Å². The molecule has 0 aromatic heterocycles. The van der Waals surface area contributed by atoms with Crippen LogP contribution in [0.3, 0.4) is 0 Å². The van der Waals surface area contributed by atoms with E-state index in [1.807, 2.05) is 19.1 Å². The molecule has 2 rings (SSSR count). The largest absolute Gasteiger partial charge is 0.348 e. The highest BCUT2D eigenvalue weighted by molar-refractivity contribution is 5.82. The van der Waals surface area contributed by atoms with Gasteiger partial charge in [0.2, 0.25) is 5.91 Å². The number of carbonyl (C=O) groups excluding carboxylic acids is 1. The molecule has 1 aromatic rings. The van der Waals surface area contributed by atoms with Gasteiger partial charge >= 0.3 is 0 Å². The van der Waals surface area contributed by atoms with E-state index in [-0.39, 0.29) is 18.0 Å². The Bertz CT molecular complexity index is 455. The Morgan fingerprint density at radius 1 is 1.50 bits per heavy atom. The zero-order valence-electron chi connectivity index (χ0n) is 10.3. The maximum Gasteiger partial charge on any atom is 0.237 e. The maximum atomic E-state index is 11.9. The average molecular weight is 242 g/mol. The molecule has 0 saturated carbocycles. The summed E-state index contributed by atoms with van der Waals surface area (Å²) in [6.07, 6.45) is 2.85. The van der Waals surface area contributed by atoms with Crippen LogP contribution < -0.4 is 10.6 Å². The second kappa shape index (κ2) is 5.65. The Kier molecular flexibility index (Phi) is 3.96. The Morgan fingerprint density at radius 3 is 2.78 bits per heavy atom. The SMILES string of the molecule is C[C@H](NC(=O)[C@@H]1C[CH]CN1)c1ccc(C#N)cc1. The first kappa shape index (κ1) is 12.6. The van der Waals surface area contributed by atoms with Crippen LogP contribution in [0.4, 0.5) is 0 Å². The molecule has 2 N–H and O–H groups in total. The summed E-state index contributed by atoms with van der Waals surface area (Å²) in [6.45, 7) is 2.74. The van der Waals surface area contributed by atoms with Gasteiger partial charge in [-0.3, -0.25) is 4.79 Å². The molecule has 1 radical (unpaired) electrons. The van der Waals surface area contributed by atoms with Crippen molar-refractivity contribution in [3.63, 3.8) is 0 Å². The second-order valence-corrected chi connectivity index (χ2v) is 4.45. The van der Waals surface area contributed by atoms with Crippen LogP contribution in [-0.2, 0) is 4.79 Å². The summed E-state index contributed by atoms with van der Waals surface area (Å²) in [5, 5.41) is 14.8. The molecule has 1 fully saturated rings.